The van der Waals surface area contributed by atoms with Crippen molar-refractivity contribution in [2.45, 2.75) is 38.7 Å². The van der Waals surface area contributed by atoms with Crippen molar-refractivity contribution in [2.24, 2.45) is 11.8 Å². The zero-order valence-corrected chi connectivity index (χ0v) is 11.6. The zero-order valence-electron chi connectivity index (χ0n) is 10.9. The first kappa shape index (κ1) is 14.3. The number of benzene rings is 1. The monoisotopic (exact) mass is 283 g/mol. The molecule has 0 bridgehead atoms. The molecule has 1 aromatic carbocycles. The molecule has 1 aliphatic carbocycles. The molecule has 0 aliphatic heterocycles. The van der Waals surface area contributed by atoms with Crippen LogP contribution >= 0.6 is 11.6 Å². The molecule has 0 heterocycles. The lowest BCUT2D eigenvalue weighted by Gasteiger charge is -2.31. The van der Waals surface area contributed by atoms with Gasteiger partial charge in [-0.05, 0) is 43.6 Å². The number of aliphatic hydroxyl groups is 1. The number of hydrogen-bond acceptors (Lipinski definition) is 3. The minimum absolute atomic E-state index is 0.0536. The van der Waals surface area contributed by atoms with Crippen LogP contribution in [-0.2, 0) is 6.42 Å². The van der Waals surface area contributed by atoms with Gasteiger partial charge in [0.15, 0.2) is 0 Å². The van der Waals surface area contributed by atoms with Gasteiger partial charge in [0.1, 0.15) is 0 Å². The Morgan fingerprint density at radius 3 is 2.89 bits per heavy atom. The summed E-state index contributed by atoms with van der Waals surface area (Å²) >= 11 is 6.09. The molecule has 4 nitrogen and oxygen atoms in total. The first-order valence-electron chi connectivity index (χ1n) is 6.59. The molecule has 0 aromatic heterocycles. The van der Waals surface area contributed by atoms with Crippen LogP contribution in [0.4, 0.5) is 5.69 Å². The average Bonchev–Trinajstić information content (AvgIpc) is 2.35. The minimum Gasteiger partial charge on any atom is -0.393 e. The van der Waals surface area contributed by atoms with Gasteiger partial charge in [-0.2, -0.15) is 0 Å². The van der Waals surface area contributed by atoms with Gasteiger partial charge in [-0.25, -0.2) is 0 Å². The van der Waals surface area contributed by atoms with Gasteiger partial charge >= 0.3 is 0 Å². The highest BCUT2D eigenvalue weighted by molar-refractivity contribution is 6.31. The maximum absolute atomic E-state index is 11.0. The molecular formula is C14H18ClNO3. The Balaban J connectivity index is 2.25. The summed E-state index contributed by atoms with van der Waals surface area (Å²) in [6.45, 7) is 2.15. The van der Waals surface area contributed by atoms with E-state index in [1.54, 1.807) is 12.1 Å². The van der Waals surface area contributed by atoms with E-state index in [0.717, 1.165) is 19.3 Å². The van der Waals surface area contributed by atoms with E-state index in [9.17, 15) is 15.2 Å². The molecule has 1 fully saturated rings. The molecule has 1 aliphatic rings. The third kappa shape index (κ3) is 3.25. The van der Waals surface area contributed by atoms with E-state index in [2.05, 4.69) is 6.92 Å². The van der Waals surface area contributed by atoms with Crippen LogP contribution in [0.25, 0.3) is 0 Å². The Bertz CT molecular complexity index is 478. The Kier molecular flexibility index (Phi) is 4.42. The molecule has 0 spiro atoms. The van der Waals surface area contributed by atoms with Gasteiger partial charge in [0.2, 0.25) is 0 Å². The Morgan fingerprint density at radius 1 is 1.47 bits per heavy atom. The maximum atomic E-state index is 11.0. The highest BCUT2D eigenvalue weighted by atomic mass is 35.5. The molecule has 3 unspecified atom stereocenters. The molecule has 19 heavy (non-hydrogen) atoms. The summed E-state index contributed by atoms with van der Waals surface area (Å²) in [4.78, 5) is 10.6. The second kappa shape index (κ2) is 5.88. The molecule has 0 amide bonds. The molecule has 5 heteroatoms. The highest BCUT2D eigenvalue weighted by Gasteiger charge is 2.30. The highest BCUT2D eigenvalue weighted by Crippen LogP contribution is 2.35. The number of nitro groups is 1. The summed E-state index contributed by atoms with van der Waals surface area (Å²) < 4.78 is 0. The van der Waals surface area contributed by atoms with Crippen LogP contribution in [0.5, 0.6) is 0 Å². The summed E-state index contributed by atoms with van der Waals surface area (Å²) in [5, 5.41) is 21.5. The second-order valence-corrected chi connectivity index (χ2v) is 5.85. The first-order valence-corrected chi connectivity index (χ1v) is 6.96. The summed E-state index contributed by atoms with van der Waals surface area (Å²) in [5.41, 5.74) is 0.602. The van der Waals surface area contributed by atoms with Gasteiger partial charge in [0.05, 0.1) is 16.0 Å². The van der Waals surface area contributed by atoms with Crippen molar-refractivity contribution in [3.63, 3.8) is 0 Å². The molecule has 0 radical (unpaired) electrons. The normalized spacial score (nSPS) is 27.2. The quantitative estimate of drug-likeness (QED) is 0.681. The number of nitrogens with zero attached hydrogens (tertiary/aromatic N) is 1. The fourth-order valence-electron chi connectivity index (χ4n) is 2.88. The number of halogens is 1. The lowest BCUT2D eigenvalue weighted by Crippen LogP contribution is -2.30. The Labute approximate surface area is 117 Å². The SMILES string of the molecule is CC1CCC(O)C(Cc2c(Cl)cccc2[N+](=O)[O-])C1. The van der Waals surface area contributed by atoms with E-state index in [1.165, 1.54) is 6.07 Å². The summed E-state index contributed by atoms with van der Waals surface area (Å²) in [6.07, 6.45) is 2.77. The van der Waals surface area contributed by atoms with Gasteiger partial charge in [0, 0.05) is 11.6 Å². The summed E-state index contributed by atoms with van der Waals surface area (Å²) in [5.74, 6) is 0.609. The third-order valence-corrected chi connectivity index (χ3v) is 4.32. The first-order chi connectivity index (χ1) is 8.99. The van der Waals surface area contributed by atoms with E-state index >= 15 is 0 Å². The molecule has 1 saturated carbocycles. The standard InChI is InChI=1S/C14H18ClNO3/c1-9-5-6-14(17)10(7-9)8-11-12(15)3-2-4-13(11)16(18)19/h2-4,9-10,14,17H,5-8H2,1H3. The van der Waals surface area contributed by atoms with Gasteiger partial charge in [-0.15, -0.1) is 0 Å². The van der Waals surface area contributed by atoms with Crippen LogP contribution < -0.4 is 0 Å². The van der Waals surface area contributed by atoms with Crippen molar-refractivity contribution < 1.29 is 10.0 Å². The third-order valence-electron chi connectivity index (χ3n) is 3.96. The molecule has 3 atom stereocenters. The van der Waals surface area contributed by atoms with Crippen molar-refractivity contribution in [3.8, 4) is 0 Å². The molecule has 0 saturated heterocycles. The van der Waals surface area contributed by atoms with Crippen molar-refractivity contribution in [2.75, 3.05) is 0 Å². The van der Waals surface area contributed by atoms with E-state index in [-0.39, 0.29) is 17.7 Å². The second-order valence-electron chi connectivity index (χ2n) is 5.44. The van der Waals surface area contributed by atoms with Crippen LogP contribution in [0.2, 0.25) is 5.02 Å². The number of aliphatic hydroxyl groups excluding tert-OH is 1. The lowest BCUT2D eigenvalue weighted by molar-refractivity contribution is -0.385. The van der Waals surface area contributed by atoms with Crippen molar-refractivity contribution in [1.82, 2.24) is 0 Å². The predicted molar refractivity (Wildman–Crippen MR) is 74.3 cm³/mol. The minimum atomic E-state index is -0.403. The number of hydrogen-bond donors (Lipinski definition) is 1. The van der Waals surface area contributed by atoms with E-state index in [4.69, 9.17) is 11.6 Å². The fraction of sp³-hybridized carbons (Fsp3) is 0.571. The smallest absolute Gasteiger partial charge is 0.274 e. The van der Waals surface area contributed by atoms with Crippen LogP contribution in [-0.4, -0.2) is 16.1 Å². The zero-order chi connectivity index (χ0) is 14.0. The summed E-state index contributed by atoms with van der Waals surface area (Å²) in [7, 11) is 0. The van der Waals surface area contributed by atoms with Gasteiger partial charge in [-0.3, -0.25) is 10.1 Å². The van der Waals surface area contributed by atoms with E-state index < -0.39 is 4.92 Å². The van der Waals surface area contributed by atoms with Crippen LogP contribution in [0.15, 0.2) is 18.2 Å². The van der Waals surface area contributed by atoms with Crippen LogP contribution in [0.1, 0.15) is 31.7 Å². The molecule has 1 aromatic rings. The predicted octanol–water partition coefficient (Wildman–Crippen LogP) is 3.59. The van der Waals surface area contributed by atoms with E-state index in [1.807, 2.05) is 0 Å². The van der Waals surface area contributed by atoms with E-state index in [0.29, 0.717) is 22.9 Å². The van der Waals surface area contributed by atoms with Gasteiger partial charge in [0.25, 0.3) is 5.69 Å². The van der Waals surface area contributed by atoms with Crippen LogP contribution in [0, 0.1) is 22.0 Å². The Morgan fingerprint density at radius 2 is 2.21 bits per heavy atom. The fourth-order valence-corrected chi connectivity index (χ4v) is 3.13. The maximum Gasteiger partial charge on any atom is 0.274 e. The largest absolute Gasteiger partial charge is 0.393 e. The van der Waals surface area contributed by atoms with Crippen LogP contribution in [0.3, 0.4) is 0 Å². The summed E-state index contributed by atoms with van der Waals surface area (Å²) in [6, 6.07) is 4.73. The topological polar surface area (TPSA) is 63.4 Å². The molecular weight excluding hydrogens is 266 g/mol. The average molecular weight is 284 g/mol. The number of nitro benzene ring substituents is 1. The van der Waals surface area contributed by atoms with Gasteiger partial charge in [-0.1, -0.05) is 24.6 Å². The van der Waals surface area contributed by atoms with Gasteiger partial charge < -0.3 is 5.11 Å². The van der Waals surface area contributed by atoms with Crippen molar-refractivity contribution in [3.05, 3.63) is 38.9 Å². The molecule has 104 valence electrons. The number of rotatable bonds is 3. The van der Waals surface area contributed by atoms with Crippen molar-refractivity contribution in [1.29, 1.82) is 0 Å². The Hall–Kier alpha value is -1.13. The molecule has 2 rings (SSSR count). The van der Waals surface area contributed by atoms with Crippen molar-refractivity contribution >= 4 is 17.3 Å². The lowest BCUT2D eigenvalue weighted by atomic mass is 9.77. The molecule has 1 N–H and O–H groups in total.